The lowest BCUT2D eigenvalue weighted by Crippen LogP contribution is -2.31. The van der Waals surface area contributed by atoms with Gasteiger partial charge in [0.2, 0.25) is 0 Å². The quantitative estimate of drug-likeness (QED) is 0.876. The van der Waals surface area contributed by atoms with Crippen LogP contribution in [0.4, 0.5) is 4.39 Å². The molecule has 1 aromatic carbocycles. The molecule has 1 aliphatic rings. The standard InChI is InChI=1S/C14H14FN5O/c15-12-2-1-10(11(5-12)6-16)8-20-4-3-14(21,9-20)13-7-17-19-18-13/h1-2,5,7,21H,3-4,8-9H2,(H,17,18,19)/t14-/m1/s1. The van der Waals surface area contributed by atoms with Crippen molar-refractivity contribution in [3.63, 3.8) is 0 Å². The average molecular weight is 287 g/mol. The Balaban J connectivity index is 1.75. The Labute approximate surface area is 120 Å². The van der Waals surface area contributed by atoms with Crippen LogP contribution in [0.1, 0.15) is 23.2 Å². The Morgan fingerprint density at radius 2 is 2.38 bits per heavy atom. The number of benzene rings is 1. The van der Waals surface area contributed by atoms with Crippen LogP contribution in [-0.2, 0) is 12.1 Å². The molecular formula is C14H14FN5O. The van der Waals surface area contributed by atoms with Crippen LogP contribution < -0.4 is 0 Å². The molecule has 0 spiro atoms. The number of H-pyrrole nitrogens is 1. The zero-order chi connectivity index (χ0) is 14.9. The summed E-state index contributed by atoms with van der Waals surface area (Å²) in [6, 6.07) is 6.19. The van der Waals surface area contributed by atoms with Crippen molar-refractivity contribution in [1.82, 2.24) is 20.3 Å². The number of aromatic amines is 1. The molecule has 0 bridgehead atoms. The Bertz CT molecular complexity index is 681. The lowest BCUT2D eigenvalue weighted by molar-refractivity contribution is 0.0408. The highest BCUT2D eigenvalue weighted by Crippen LogP contribution is 2.31. The zero-order valence-corrected chi connectivity index (χ0v) is 11.3. The molecule has 108 valence electrons. The molecule has 7 heteroatoms. The van der Waals surface area contributed by atoms with Crippen molar-refractivity contribution < 1.29 is 9.50 Å². The Kier molecular flexibility index (Phi) is 3.41. The van der Waals surface area contributed by atoms with Crippen LogP contribution in [0.2, 0.25) is 0 Å². The van der Waals surface area contributed by atoms with E-state index in [0.29, 0.717) is 37.3 Å². The number of likely N-dealkylation sites (tertiary alicyclic amines) is 1. The molecule has 1 aliphatic heterocycles. The number of nitriles is 1. The van der Waals surface area contributed by atoms with Gasteiger partial charge >= 0.3 is 0 Å². The maximum atomic E-state index is 13.1. The monoisotopic (exact) mass is 287 g/mol. The zero-order valence-electron chi connectivity index (χ0n) is 11.3. The predicted octanol–water partition coefficient (Wildman–Crippen LogP) is 0.909. The number of hydrogen-bond donors (Lipinski definition) is 2. The van der Waals surface area contributed by atoms with Crippen LogP contribution >= 0.6 is 0 Å². The Morgan fingerprint density at radius 3 is 3.10 bits per heavy atom. The molecule has 2 N–H and O–H groups in total. The Morgan fingerprint density at radius 1 is 1.52 bits per heavy atom. The van der Waals surface area contributed by atoms with Gasteiger partial charge in [-0.25, -0.2) is 4.39 Å². The van der Waals surface area contributed by atoms with Crippen LogP contribution in [0.15, 0.2) is 24.4 Å². The second-order valence-corrected chi connectivity index (χ2v) is 5.26. The van der Waals surface area contributed by atoms with Gasteiger partial charge in [0.05, 0.1) is 17.8 Å². The van der Waals surface area contributed by atoms with Gasteiger partial charge in [0.15, 0.2) is 0 Å². The molecule has 6 nitrogen and oxygen atoms in total. The molecule has 0 saturated carbocycles. The first-order chi connectivity index (χ1) is 10.1. The summed E-state index contributed by atoms with van der Waals surface area (Å²) in [7, 11) is 0. The smallest absolute Gasteiger partial charge is 0.124 e. The van der Waals surface area contributed by atoms with Gasteiger partial charge in [-0.1, -0.05) is 6.07 Å². The van der Waals surface area contributed by atoms with E-state index < -0.39 is 11.4 Å². The van der Waals surface area contributed by atoms with Gasteiger partial charge in [-0.15, -0.1) is 0 Å². The molecule has 2 aromatic rings. The number of aliphatic hydroxyl groups is 1. The summed E-state index contributed by atoms with van der Waals surface area (Å²) >= 11 is 0. The van der Waals surface area contributed by atoms with Crippen LogP contribution in [0.3, 0.4) is 0 Å². The molecule has 0 unspecified atom stereocenters. The molecule has 0 aliphatic carbocycles. The van der Waals surface area contributed by atoms with Gasteiger partial charge < -0.3 is 5.11 Å². The van der Waals surface area contributed by atoms with E-state index in [-0.39, 0.29) is 0 Å². The summed E-state index contributed by atoms with van der Waals surface area (Å²) in [5, 5.41) is 29.8. The van der Waals surface area contributed by atoms with Crippen molar-refractivity contribution >= 4 is 0 Å². The summed E-state index contributed by atoms with van der Waals surface area (Å²) in [6.07, 6.45) is 2.06. The minimum Gasteiger partial charge on any atom is -0.382 e. The fraction of sp³-hybridized carbons (Fsp3) is 0.357. The van der Waals surface area contributed by atoms with Gasteiger partial charge in [0, 0.05) is 19.6 Å². The molecule has 1 atom stereocenters. The number of nitrogens with zero attached hydrogens (tertiary/aromatic N) is 4. The van der Waals surface area contributed by atoms with Crippen LogP contribution in [0, 0.1) is 17.1 Å². The van der Waals surface area contributed by atoms with E-state index in [1.807, 2.05) is 11.0 Å². The first kappa shape index (κ1) is 13.7. The van der Waals surface area contributed by atoms with E-state index in [9.17, 15) is 9.50 Å². The number of hydrogen-bond acceptors (Lipinski definition) is 5. The third-order valence-electron chi connectivity index (χ3n) is 3.80. The second-order valence-electron chi connectivity index (χ2n) is 5.26. The molecule has 0 radical (unpaired) electrons. The number of aromatic nitrogens is 3. The minimum atomic E-state index is -1.03. The highest BCUT2D eigenvalue weighted by atomic mass is 19.1. The maximum Gasteiger partial charge on any atom is 0.124 e. The van der Waals surface area contributed by atoms with Gasteiger partial charge in [-0.3, -0.25) is 4.90 Å². The third-order valence-corrected chi connectivity index (χ3v) is 3.80. The fourth-order valence-electron chi connectivity index (χ4n) is 2.67. The molecular weight excluding hydrogens is 273 g/mol. The molecule has 1 saturated heterocycles. The highest BCUT2D eigenvalue weighted by molar-refractivity contribution is 5.38. The van der Waals surface area contributed by atoms with E-state index in [2.05, 4.69) is 15.4 Å². The van der Waals surface area contributed by atoms with Crippen molar-refractivity contribution in [3.05, 3.63) is 47.0 Å². The van der Waals surface area contributed by atoms with Crippen LogP contribution in [0.25, 0.3) is 0 Å². The largest absolute Gasteiger partial charge is 0.382 e. The number of nitrogens with one attached hydrogen (secondary N) is 1. The number of rotatable bonds is 3. The predicted molar refractivity (Wildman–Crippen MR) is 71.3 cm³/mol. The number of halogens is 1. The van der Waals surface area contributed by atoms with Crippen molar-refractivity contribution in [2.75, 3.05) is 13.1 Å². The third kappa shape index (κ3) is 2.63. The van der Waals surface area contributed by atoms with E-state index in [0.717, 1.165) is 5.56 Å². The first-order valence-corrected chi connectivity index (χ1v) is 6.60. The summed E-state index contributed by atoms with van der Waals surface area (Å²) in [4.78, 5) is 2.02. The van der Waals surface area contributed by atoms with E-state index >= 15 is 0 Å². The molecule has 3 rings (SSSR count). The minimum absolute atomic E-state index is 0.326. The maximum absolute atomic E-state index is 13.1. The van der Waals surface area contributed by atoms with E-state index in [4.69, 9.17) is 5.26 Å². The number of β-amino-alcohol motifs (C(OH)–C–C–N with tert-alkyl or cyclic N) is 1. The molecule has 2 heterocycles. The van der Waals surface area contributed by atoms with Gasteiger partial charge in [-0.05, 0) is 24.1 Å². The highest BCUT2D eigenvalue weighted by Gasteiger charge is 2.39. The summed E-state index contributed by atoms with van der Waals surface area (Å²) in [6.45, 7) is 1.57. The van der Waals surface area contributed by atoms with E-state index in [1.165, 1.54) is 18.3 Å². The summed E-state index contributed by atoms with van der Waals surface area (Å²) in [5.41, 5.74) is 0.569. The van der Waals surface area contributed by atoms with Crippen molar-refractivity contribution in [2.24, 2.45) is 0 Å². The average Bonchev–Trinajstić information content (AvgIpc) is 3.11. The fourth-order valence-corrected chi connectivity index (χ4v) is 2.67. The summed E-state index contributed by atoms with van der Waals surface area (Å²) < 4.78 is 13.1. The molecule has 0 amide bonds. The molecule has 21 heavy (non-hydrogen) atoms. The van der Waals surface area contributed by atoms with Gasteiger partial charge in [0.1, 0.15) is 17.1 Å². The molecule has 1 fully saturated rings. The van der Waals surface area contributed by atoms with E-state index in [1.54, 1.807) is 6.07 Å². The van der Waals surface area contributed by atoms with Crippen LogP contribution in [-0.4, -0.2) is 38.5 Å². The first-order valence-electron chi connectivity index (χ1n) is 6.60. The Hall–Kier alpha value is -2.30. The van der Waals surface area contributed by atoms with Crippen LogP contribution in [0.5, 0.6) is 0 Å². The summed E-state index contributed by atoms with van der Waals surface area (Å²) in [5.74, 6) is -0.421. The lowest BCUT2D eigenvalue weighted by Gasteiger charge is -2.21. The van der Waals surface area contributed by atoms with Crippen molar-refractivity contribution in [3.8, 4) is 6.07 Å². The topological polar surface area (TPSA) is 88.8 Å². The van der Waals surface area contributed by atoms with Crippen molar-refractivity contribution in [2.45, 2.75) is 18.6 Å². The second kappa shape index (κ2) is 5.24. The molecule has 1 aromatic heterocycles. The van der Waals surface area contributed by atoms with Gasteiger partial charge in [0.25, 0.3) is 0 Å². The SMILES string of the molecule is N#Cc1cc(F)ccc1CN1CC[C@](O)(c2cn[nH]n2)C1. The lowest BCUT2D eigenvalue weighted by atomic mass is 10.00. The van der Waals surface area contributed by atoms with Gasteiger partial charge in [-0.2, -0.15) is 20.7 Å². The van der Waals surface area contributed by atoms with Crippen molar-refractivity contribution in [1.29, 1.82) is 5.26 Å². The normalized spacial score (nSPS) is 22.3.